The molecule has 0 radical (unpaired) electrons. The van der Waals surface area contributed by atoms with Gasteiger partial charge in [-0.1, -0.05) is 6.07 Å². The number of hydrogen-bond donors (Lipinski definition) is 0. The highest BCUT2D eigenvalue weighted by atomic mass is 127. The zero-order valence-electron chi connectivity index (χ0n) is 10.5. The second-order valence-electron chi connectivity index (χ2n) is 3.99. The maximum absolute atomic E-state index is 4.51. The third kappa shape index (κ3) is 3.38. The van der Waals surface area contributed by atoms with Crippen LogP contribution in [-0.4, -0.2) is 21.5 Å². The van der Waals surface area contributed by atoms with Crippen molar-refractivity contribution in [3.63, 3.8) is 0 Å². The van der Waals surface area contributed by atoms with Crippen LogP contribution < -0.4 is 4.90 Å². The second-order valence-corrected chi connectivity index (χ2v) is 5.23. The minimum atomic E-state index is 0.735. The fourth-order valence-electron chi connectivity index (χ4n) is 1.68. The van der Waals surface area contributed by atoms with E-state index in [0.717, 1.165) is 34.0 Å². The summed E-state index contributed by atoms with van der Waals surface area (Å²) in [6.07, 6.45) is 3.66. The number of rotatable bonds is 4. The fourth-order valence-corrected chi connectivity index (χ4v) is 1.95. The molecule has 0 amide bonds. The fraction of sp³-hybridized carbons (Fsp3) is 0.308. The van der Waals surface area contributed by atoms with Crippen LogP contribution in [0.25, 0.3) is 0 Å². The van der Waals surface area contributed by atoms with Crippen LogP contribution in [0, 0.1) is 10.5 Å². The van der Waals surface area contributed by atoms with Crippen LogP contribution in [0.1, 0.15) is 18.3 Å². The minimum Gasteiger partial charge on any atom is -0.335 e. The monoisotopic (exact) mass is 354 g/mol. The summed E-state index contributed by atoms with van der Waals surface area (Å²) in [7, 11) is 0. The third-order valence-corrected chi connectivity index (χ3v) is 3.13. The average Bonchev–Trinajstić information content (AvgIpc) is 2.37. The Balaban J connectivity index is 2.17. The molecule has 18 heavy (non-hydrogen) atoms. The van der Waals surface area contributed by atoms with E-state index in [4.69, 9.17) is 0 Å². The molecule has 0 atom stereocenters. The van der Waals surface area contributed by atoms with Gasteiger partial charge in [-0.05, 0) is 48.6 Å². The van der Waals surface area contributed by atoms with Crippen molar-refractivity contribution in [3.05, 3.63) is 45.6 Å². The Kier molecular flexibility index (Phi) is 4.46. The van der Waals surface area contributed by atoms with Crippen LogP contribution >= 0.6 is 22.6 Å². The minimum absolute atomic E-state index is 0.735. The van der Waals surface area contributed by atoms with Crippen molar-refractivity contribution in [1.82, 2.24) is 15.0 Å². The van der Waals surface area contributed by atoms with Gasteiger partial charge in [0.25, 0.3) is 0 Å². The van der Waals surface area contributed by atoms with Gasteiger partial charge >= 0.3 is 0 Å². The first-order valence-corrected chi connectivity index (χ1v) is 6.92. The lowest BCUT2D eigenvalue weighted by Crippen LogP contribution is -2.24. The van der Waals surface area contributed by atoms with Crippen LogP contribution in [0.3, 0.4) is 0 Å². The highest BCUT2D eigenvalue weighted by Gasteiger charge is 2.08. The van der Waals surface area contributed by atoms with Crippen molar-refractivity contribution in [3.8, 4) is 0 Å². The lowest BCUT2D eigenvalue weighted by Gasteiger charge is -2.20. The van der Waals surface area contributed by atoms with Gasteiger partial charge in [0, 0.05) is 28.2 Å². The Labute approximate surface area is 121 Å². The Morgan fingerprint density at radius 3 is 2.56 bits per heavy atom. The molecule has 0 unspecified atom stereocenters. The molecule has 0 aliphatic carbocycles. The number of anilines is 1. The first-order chi connectivity index (χ1) is 8.69. The van der Waals surface area contributed by atoms with Gasteiger partial charge in [-0.3, -0.25) is 4.98 Å². The molecular weight excluding hydrogens is 339 g/mol. The van der Waals surface area contributed by atoms with Gasteiger partial charge in [0.2, 0.25) is 5.95 Å². The van der Waals surface area contributed by atoms with E-state index in [1.54, 1.807) is 0 Å². The highest BCUT2D eigenvalue weighted by molar-refractivity contribution is 14.1. The van der Waals surface area contributed by atoms with Gasteiger partial charge in [-0.15, -0.1) is 0 Å². The van der Waals surface area contributed by atoms with Crippen molar-refractivity contribution in [1.29, 1.82) is 0 Å². The number of halogens is 1. The molecule has 0 aliphatic rings. The molecule has 0 aliphatic heterocycles. The SMILES string of the molecule is CCN(Cc1cccc(C)n1)c1ncc(I)cn1. The molecule has 0 bridgehead atoms. The van der Waals surface area contributed by atoms with Gasteiger partial charge < -0.3 is 4.90 Å². The molecule has 0 saturated heterocycles. The summed E-state index contributed by atoms with van der Waals surface area (Å²) < 4.78 is 1.04. The van der Waals surface area contributed by atoms with Crippen molar-refractivity contribution >= 4 is 28.5 Å². The van der Waals surface area contributed by atoms with Crippen LogP contribution in [0.5, 0.6) is 0 Å². The van der Waals surface area contributed by atoms with Crippen molar-refractivity contribution in [2.75, 3.05) is 11.4 Å². The molecule has 5 heteroatoms. The molecule has 0 fully saturated rings. The molecule has 0 N–H and O–H groups in total. The summed E-state index contributed by atoms with van der Waals surface area (Å²) in [6, 6.07) is 6.06. The summed E-state index contributed by atoms with van der Waals surface area (Å²) in [5.74, 6) is 0.751. The molecule has 0 saturated carbocycles. The molecule has 94 valence electrons. The van der Waals surface area contributed by atoms with Crippen molar-refractivity contribution < 1.29 is 0 Å². The standard InChI is InChI=1S/C13H15IN4/c1-3-18(13-15-7-11(14)8-16-13)9-12-6-4-5-10(2)17-12/h4-8H,3,9H2,1-2H3. The zero-order valence-corrected chi connectivity index (χ0v) is 12.6. The Hall–Kier alpha value is -1.24. The van der Waals surface area contributed by atoms with E-state index in [0.29, 0.717) is 0 Å². The number of aryl methyl sites for hydroxylation is 1. The summed E-state index contributed by atoms with van der Waals surface area (Å²) >= 11 is 2.20. The molecule has 0 aromatic carbocycles. The Morgan fingerprint density at radius 1 is 1.22 bits per heavy atom. The van der Waals surface area contributed by atoms with E-state index in [2.05, 4.69) is 49.4 Å². The van der Waals surface area contributed by atoms with E-state index in [1.807, 2.05) is 37.5 Å². The molecule has 2 rings (SSSR count). The second kappa shape index (κ2) is 6.08. The zero-order chi connectivity index (χ0) is 13.0. The lowest BCUT2D eigenvalue weighted by molar-refractivity contribution is 0.771. The number of pyridine rings is 1. The molecule has 4 nitrogen and oxygen atoms in total. The van der Waals surface area contributed by atoms with Crippen LogP contribution in [0.2, 0.25) is 0 Å². The van der Waals surface area contributed by atoms with Crippen LogP contribution in [0.15, 0.2) is 30.6 Å². The Bertz CT molecular complexity index is 513. The maximum Gasteiger partial charge on any atom is 0.225 e. The predicted molar refractivity (Wildman–Crippen MR) is 80.4 cm³/mol. The normalized spacial score (nSPS) is 10.4. The summed E-state index contributed by atoms with van der Waals surface area (Å²) in [4.78, 5) is 15.3. The topological polar surface area (TPSA) is 41.9 Å². The molecule has 2 heterocycles. The van der Waals surface area contributed by atoms with Crippen molar-refractivity contribution in [2.24, 2.45) is 0 Å². The van der Waals surface area contributed by atoms with Crippen LogP contribution in [0.4, 0.5) is 5.95 Å². The summed E-state index contributed by atoms with van der Waals surface area (Å²) in [5, 5.41) is 0. The number of hydrogen-bond acceptors (Lipinski definition) is 4. The quantitative estimate of drug-likeness (QED) is 0.792. The maximum atomic E-state index is 4.51. The Morgan fingerprint density at radius 2 is 1.94 bits per heavy atom. The van der Waals surface area contributed by atoms with Gasteiger partial charge in [-0.2, -0.15) is 0 Å². The average molecular weight is 354 g/mol. The molecule has 0 spiro atoms. The first kappa shape index (κ1) is 13.2. The number of aromatic nitrogens is 3. The third-order valence-electron chi connectivity index (χ3n) is 2.57. The highest BCUT2D eigenvalue weighted by Crippen LogP contribution is 2.11. The number of nitrogens with zero attached hydrogens (tertiary/aromatic N) is 4. The van der Waals surface area contributed by atoms with E-state index in [-0.39, 0.29) is 0 Å². The lowest BCUT2D eigenvalue weighted by atomic mass is 10.3. The smallest absolute Gasteiger partial charge is 0.225 e. The molecule has 2 aromatic heterocycles. The van der Waals surface area contributed by atoms with E-state index >= 15 is 0 Å². The van der Waals surface area contributed by atoms with Crippen LogP contribution in [-0.2, 0) is 6.54 Å². The van der Waals surface area contributed by atoms with Gasteiger partial charge in [0.15, 0.2) is 0 Å². The van der Waals surface area contributed by atoms with E-state index in [9.17, 15) is 0 Å². The predicted octanol–water partition coefficient (Wildman–Crippen LogP) is 2.81. The van der Waals surface area contributed by atoms with Gasteiger partial charge in [0.1, 0.15) is 0 Å². The van der Waals surface area contributed by atoms with Gasteiger partial charge in [0.05, 0.1) is 12.2 Å². The molecule has 2 aromatic rings. The molecular formula is C13H15IN4. The largest absolute Gasteiger partial charge is 0.335 e. The van der Waals surface area contributed by atoms with Gasteiger partial charge in [-0.25, -0.2) is 9.97 Å². The first-order valence-electron chi connectivity index (χ1n) is 5.84. The van der Waals surface area contributed by atoms with Crippen molar-refractivity contribution in [2.45, 2.75) is 20.4 Å². The van der Waals surface area contributed by atoms with E-state index in [1.165, 1.54) is 0 Å². The van der Waals surface area contributed by atoms with E-state index < -0.39 is 0 Å². The summed E-state index contributed by atoms with van der Waals surface area (Å²) in [5.41, 5.74) is 2.08. The summed E-state index contributed by atoms with van der Waals surface area (Å²) in [6.45, 7) is 5.69.